The third kappa shape index (κ3) is 2.67. The maximum absolute atomic E-state index is 12.0. The number of hydrogen-bond acceptors (Lipinski definition) is 2. The normalized spacial score (nSPS) is 14.8. The fraction of sp³-hybridized carbons (Fsp3) is 0.333. The van der Waals surface area contributed by atoms with Crippen LogP contribution < -0.4 is 0 Å². The number of likely N-dealkylation sites (tertiary alicyclic amines) is 1. The van der Waals surface area contributed by atoms with Crippen LogP contribution in [0.3, 0.4) is 0 Å². The van der Waals surface area contributed by atoms with Gasteiger partial charge in [-0.2, -0.15) is 5.10 Å². The van der Waals surface area contributed by atoms with Crippen LogP contribution in [-0.2, 0) is 11.3 Å². The van der Waals surface area contributed by atoms with E-state index >= 15 is 0 Å². The Kier molecular flexibility index (Phi) is 3.31. The highest BCUT2D eigenvalue weighted by Crippen LogP contribution is 2.17. The van der Waals surface area contributed by atoms with Gasteiger partial charge in [0.1, 0.15) is 6.54 Å². The first-order valence-electron chi connectivity index (χ1n) is 6.68. The van der Waals surface area contributed by atoms with Gasteiger partial charge < -0.3 is 4.90 Å². The van der Waals surface area contributed by atoms with E-state index in [9.17, 15) is 4.79 Å². The van der Waals surface area contributed by atoms with E-state index < -0.39 is 0 Å². The monoisotopic (exact) mass is 255 g/mol. The molecule has 1 amide bonds. The third-order valence-electron chi connectivity index (χ3n) is 3.50. The second-order valence-electron chi connectivity index (χ2n) is 4.88. The minimum absolute atomic E-state index is 0.167. The average Bonchev–Trinajstić information content (AvgIpc) is 3.11. The van der Waals surface area contributed by atoms with Crippen molar-refractivity contribution in [3.63, 3.8) is 0 Å². The molecule has 0 saturated carbocycles. The first-order chi connectivity index (χ1) is 9.33. The van der Waals surface area contributed by atoms with Crippen LogP contribution >= 0.6 is 0 Å². The van der Waals surface area contributed by atoms with Crippen molar-refractivity contribution in [1.29, 1.82) is 0 Å². The Morgan fingerprint density at radius 3 is 2.58 bits per heavy atom. The second-order valence-corrected chi connectivity index (χ2v) is 4.88. The van der Waals surface area contributed by atoms with Gasteiger partial charge in [-0.1, -0.05) is 30.3 Å². The summed E-state index contributed by atoms with van der Waals surface area (Å²) in [7, 11) is 0. The number of carbonyl (C=O) groups excluding carboxylic acids is 1. The van der Waals surface area contributed by atoms with Gasteiger partial charge in [0.05, 0.1) is 6.20 Å². The Morgan fingerprint density at radius 1 is 1.11 bits per heavy atom. The zero-order valence-corrected chi connectivity index (χ0v) is 10.8. The van der Waals surface area contributed by atoms with Crippen LogP contribution in [0.15, 0.2) is 42.7 Å². The van der Waals surface area contributed by atoms with E-state index in [0.717, 1.165) is 37.1 Å². The molecule has 1 aliphatic rings. The molecule has 0 spiro atoms. The molecular formula is C15H17N3O. The van der Waals surface area contributed by atoms with Gasteiger partial charge in [0.25, 0.3) is 0 Å². The van der Waals surface area contributed by atoms with Crippen LogP contribution in [0, 0.1) is 0 Å². The van der Waals surface area contributed by atoms with E-state index in [2.05, 4.69) is 5.10 Å². The molecule has 0 atom stereocenters. The summed E-state index contributed by atoms with van der Waals surface area (Å²) in [5.74, 6) is 0.167. The summed E-state index contributed by atoms with van der Waals surface area (Å²) in [6.07, 6.45) is 6.00. The molecule has 1 aromatic heterocycles. The molecule has 1 saturated heterocycles. The molecule has 1 aliphatic heterocycles. The Bertz CT molecular complexity index is 556. The lowest BCUT2D eigenvalue weighted by Gasteiger charge is -2.14. The number of nitrogens with zero attached hydrogens (tertiary/aromatic N) is 3. The van der Waals surface area contributed by atoms with Crippen molar-refractivity contribution < 1.29 is 4.79 Å². The number of hydrogen-bond donors (Lipinski definition) is 0. The number of carbonyl (C=O) groups is 1. The largest absolute Gasteiger partial charge is 0.341 e. The second kappa shape index (κ2) is 5.26. The fourth-order valence-corrected chi connectivity index (χ4v) is 2.43. The Hall–Kier alpha value is -2.10. The van der Waals surface area contributed by atoms with Crippen molar-refractivity contribution in [2.75, 3.05) is 13.1 Å². The molecule has 4 heteroatoms. The van der Waals surface area contributed by atoms with Gasteiger partial charge in [0.15, 0.2) is 0 Å². The molecule has 0 radical (unpaired) electrons. The van der Waals surface area contributed by atoms with Crippen LogP contribution in [0.25, 0.3) is 11.1 Å². The van der Waals surface area contributed by atoms with E-state index in [-0.39, 0.29) is 5.91 Å². The molecule has 0 N–H and O–H groups in total. The Labute approximate surface area is 112 Å². The Morgan fingerprint density at radius 2 is 1.84 bits per heavy atom. The van der Waals surface area contributed by atoms with Crippen molar-refractivity contribution in [1.82, 2.24) is 14.7 Å². The zero-order valence-electron chi connectivity index (χ0n) is 10.8. The minimum atomic E-state index is 0.167. The molecule has 0 aliphatic carbocycles. The van der Waals surface area contributed by atoms with Crippen molar-refractivity contribution in [3.8, 4) is 11.1 Å². The number of amides is 1. The lowest BCUT2D eigenvalue weighted by molar-refractivity contribution is -0.130. The first kappa shape index (κ1) is 12.0. The summed E-state index contributed by atoms with van der Waals surface area (Å²) in [5, 5.41) is 4.27. The van der Waals surface area contributed by atoms with Crippen LogP contribution in [0.1, 0.15) is 12.8 Å². The molecule has 3 rings (SSSR count). The van der Waals surface area contributed by atoms with Crippen molar-refractivity contribution in [2.45, 2.75) is 19.4 Å². The van der Waals surface area contributed by atoms with Crippen molar-refractivity contribution >= 4 is 5.91 Å². The summed E-state index contributed by atoms with van der Waals surface area (Å²) in [6.45, 7) is 2.13. The maximum atomic E-state index is 12.0. The van der Waals surface area contributed by atoms with Crippen LogP contribution in [0.2, 0.25) is 0 Å². The predicted octanol–water partition coefficient (Wildman–Crippen LogP) is 2.17. The van der Waals surface area contributed by atoms with E-state index in [1.807, 2.05) is 47.6 Å². The molecule has 1 aromatic carbocycles. The molecule has 19 heavy (non-hydrogen) atoms. The van der Waals surface area contributed by atoms with Gasteiger partial charge in [-0.15, -0.1) is 0 Å². The number of rotatable bonds is 3. The van der Waals surface area contributed by atoms with Crippen molar-refractivity contribution in [2.24, 2.45) is 0 Å². The van der Waals surface area contributed by atoms with Gasteiger partial charge in [-0.3, -0.25) is 9.48 Å². The highest BCUT2D eigenvalue weighted by molar-refractivity contribution is 5.76. The van der Waals surface area contributed by atoms with Gasteiger partial charge >= 0.3 is 0 Å². The molecule has 1 fully saturated rings. The maximum Gasteiger partial charge on any atom is 0.244 e. The molecule has 4 nitrogen and oxygen atoms in total. The van der Waals surface area contributed by atoms with Crippen LogP contribution in [0.4, 0.5) is 0 Å². The van der Waals surface area contributed by atoms with E-state index in [4.69, 9.17) is 0 Å². The summed E-state index contributed by atoms with van der Waals surface area (Å²) >= 11 is 0. The quantitative estimate of drug-likeness (QED) is 0.843. The van der Waals surface area contributed by atoms with Crippen LogP contribution in [-0.4, -0.2) is 33.7 Å². The summed E-state index contributed by atoms with van der Waals surface area (Å²) in [5.41, 5.74) is 2.18. The van der Waals surface area contributed by atoms with E-state index in [1.165, 1.54) is 0 Å². The molecule has 0 bridgehead atoms. The molecule has 0 unspecified atom stereocenters. The van der Waals surface area contributed by atoms with Gasteiger partial charge in [-0.05, 0) is 18.4 Å². The average molecular weight is 255 g/mol. The SMILES string of the molecule is O=C(Cn1cc(-c2ccccc2)cn1)N1CCCC1. The Balaban J connectivity index is 1.70. The molecule has 2 heterocycles. The third-order valence-corrected chi connectivity index (χ3v) is 3.50. The first-order valence-corrected chi connectivity index (χ1v) is 6.68. The number of aromatic nitrogens is 2. The summed E-state index contributed by atoms with van der Waals surface area (Å²) in [4.78, 5) is 13.9. The van der Waals surface area contributed by atoms with Gasteiger partial charge in [0, 0.05) is 24.8 Å². The van der Waals surface area contributed by atoms with Gasteiger partial charge in [0.2, 0.25) is 5.91 Å². The lowest BCUT2D eigenvalue weighted by Crippen LogP contribution is -2.31. The van der Waals surface area contributed by atoms with Crippen LogP contribution in [0.5, 0.6) is 0 Å². The van der Waals surface area contributed by atoms with Crippen molar-refractivity contribution in [3.05, 3.63) is 42.7 Å². The molecule has 2 aromatic rings. The zero-order chi connectivity index (χ0) is 13.1. The standard InChI is InChI=1S/C15H17N3O/c19-15(17-8-4-5-9-17)12-18-11-14(10-16-18)13-6-2-1-3-7-13/h1-3,6-7,10-11H,4-5,8-9,12H2. The topological polar surface area (TPSA) is 38.1 Å². The predicted molar refractivity (Wildman–Crippen MR) is 73.5 cm³/mol. The van der Waals surface area contributed by atoms with Gasteiger partial charge in [-0.25, -0.2) is 0 Å². The summed E-state index contributed by atoms with van der Waals surface area (Å²) in [6, 6.07) is 10.1. The number of benzene rings is 1. The fourth-order valence-electron chi connectivity index (χ4n) is 2.43. The minimum Gasteiger partial charge on any atom is -0.341 e. The molecular weight excluding hydrogens is 238 g/mol. The summed E-state index contributed by atoms with van der Waals surface area (Å²) < 4.78 is 1.73. The highest BCUT2D eigenvalue weighted by Gasteiger charge is 2.18. The van der Waals surface area contributed by atoms with E-state index in [0.29, 0.717) is 6.54 Å². The van der Waals surface area contributed by atoms with E-state index in [1.54, 1.807) is 4.68 Å². The molecule has 98 valence electrons. The highest BCUT2D eigenvalue weighted by atomic mass is 16.2. The lowest BCUT2D eigenvalue weighted by atomic mass is 10.1. The smallest absolute Gasteiger partial charge is 0.244 e.